The number of aliphatic hydroxyl groups is 1. The molecule has 0 aliphatic rings. The lowest BCUT2D eigenvalue weighted by Crippen LogP contribution is -2.20. The first-order valence-electron chi connectivity index (χ1n) is 6.75. The Labute approximate surface area is 120 Å². The Bertz CT molecular complexity index is 568. The second-order valence-electron chi connectivity index (χ2n) is 4.92. The third-order valence-electron chi connectivity index (χ3n) is 3.66. The van der Waals surface area contributed by atoms with Gasteiger partial charge in [0.15, 0.2) is 0 Å². The summed E-state index contributed by atoms with van der Waals surface area (Å²) in [5.74, 6) is 0.629. The zero-order valence-corrected chi connectivity index (χ0v) is 11.9. The summed E-state index contributed by atoms with van der Waals surface area (Å²) in [5.41, 5.74) is 8.87. The van der Waals surface area contributed by atoms with Gasteiger partial charge in [-0.15, -0.1) is 0 Å². The van der Waals surface area contributed by atoms with Gasteiger partial charge in [-0.05, 0) is 35.7 Å². The lowest BCUT2D eigenvalue weighted by Gasteiger charge is -2.24. The summed E-state index contributed by atoms with van der Waals surface area (Å²) in [6.07, 6.45) is -0.617. The highest BCUT2D eigenvalue weighted by Gasteiger charge is 2.22. The number of rotatable bonds is 5. The molecule has 0 spiro atoms. The van der Waals surface area contributed by atoms with E-state index >= 15 is 0 Å². The van der Waals surface area contributed by atoms with Crippen molar-refractivity contribution in [2.24, 2.45) is 5.73 Å². The van der Waals surface area contributed by atoms with Gasteiger partial charge in [-0.3, -0.25) is 0 Å². The summed E-state index contributed by atoms with van der Waals surface area (Å²) in [5, 5.41) is 10.7. The molecule has 0 radical (unpaired) electrons. The SMILES string of the molecule is COc1cccc(C(CN)C(O)c2ccccc2C)c1. The van der Waals surface area contributed by atoms with Crippen molar-refractivity contribution in [3.05, 3.63) is 65.2 Å². The van der Waals surface area contributed by atoms with Gasteiger partial charge in [-0.2, -0.15) is 0 Å². The first kappa shape index (κ1) is 14.6. The second kappa shape index (κ2) is 6.55. The minimum absolute atomic E-state index is 0.147. The van der Waals surface area contributed by atoms with Crippen LogP contribution in [0.3, 0.4) is 0 Å². The van der Waals surface area contributed by atoms with E-state index < -0.39 is 6.10 Å². The van der Waals surface area contributed by atoms with Gasteiger partial charge in [0.1, 0.15) is 5.75 Å². The maximum atomic E-state index is 10.7. The van der Waals surface area contributed by atoms with Crippen LogP contribution in [0.25, 0.3) is 0 Å². The number of nitrogens with two attached hydrogens (primary N) is 1. The van der Waals surface area contributed by atoms with Gasteiger partial charge < -0.3 is 15.6 Å². The van der Waals surface area contributed by atoms with Crippen LogP contribution in [0.5, 0.6) is 5.75 Å². The van der Waals surface area contributed by atoms with Gasteiger partial charge in [0, 0.05) is 12.5 Å². The molecule has 0 fully saturated rings. The van der Waals surface area contributed by atoms with Gasteiger partial charge >= 0.3 is 0 Å². The molecule has 2 rings (SSSR count). The molecule has 3 N–H and O–H groups in total. The van der Waals surface area contributed by atoms with Crippen LogP contribution < -0.4 is 10.5 Å². The molecule has 2 aromatic rings. The summed E-state index contributed by atoms with van der Waals surface area (Å²) in [6.45, 7) is 2.38. The molecule has 0 aromatic heterocycles. The van der Waals surface area contributed by atoms with E-state index in [1.165, 1.54) is 0 Å². The zero-order valence-electron chi connectivity index (χ0n) is 11.9. The molecule has 0 amide bonds. The molecule has 106 valence electrons. The van der Waals surface area contributed by atoms with Crippen molar-refractivity contribution in [2.75, 3.05) is 13.7 Å². The van der Waals surface area contributed by atoms with Crippen LogP contribution in [0, 0.1) is 6.92 Å². The van der Waals surface area contributed by atoms with Crippen molar-refractivity contribution in [1.29, 1.82) is 0 Å². The molecule has 0 saturated carbocycles. The van der Waals surface area contributed by atoms with E-state index in [0.29, 0.717) is 6.54 Å². The third kappa shape index (κ3) is 3.00. The number of methoxy groups -OCH3 is 1. The van der Waals surface area contributed by atoms with Crippen molar-refractivity contribution in [3.63, 3.8) is 0 Å². The number of aryl methyl sites for hydroxylation is 1. The first-order chi connectivity index (χ1) is 9.67. The fourth-order valence-electron chi connectivity index (χ4n) is 2.45. The lowest BCUT2D eigenvalue weighted by atomic mass is 9.87. The fraction of sp³-hybridized carbons (Fsp3) is 0.294. The van der Waals surface area contributed by atoms with Gasteiger partial charge in [-0.25, -0.2) is 0 Å². The number of ether oxygens (including phenoxy) is 1. The summed E-state index contributed by atoms with van der Waals surface area (Å²) in [4.78, 5) is 0. The lowest BCUT2D eigenvalue weighted by molar-refractivity contribution is 0.146. The molecule has 2 unspecified atom stereocenters. The molecule has 3 nitrogen and oxygen atoms in total. The van der Waals surface area contributed by atoms with Gasteiger partial charge in [0.25, 0.3) is 0 Å². The van der Waals surface area contributed by atoms with Crippen molar-refractivity contribution >= 4 is 0 Å². The average Bonchev–Trinajstić information content (AvgIpc) is 2.48. The third-order valence-corrected chi connectivity index (χ3v) is 3.66. The molecule has 0 aliphatic heterocycles. The molecule has 0 saturated heterocycles. The predicted molar refractivity (Wildman–Crippen MR) is 80.9 cm³/mol. The van der Waals surface area contributed by atoms with Gasteiger partial charge in [0.05, 0.1) is 13.2 Å². The topological polar surface area (TPSA) is 55.5 Å². The number of benzene rings is 2. The highest BCUT2D eigenvalue weighted by atomic mass is 16.5. The Morgan fingerprint density at radius 2 is 1.90 bits per heavy atom. The largest absolute Gasteiger partial charge is 0.497 e. The Kier molecular flexibility index (Phi) is 4.77. The van der Waals surface area contributed by atoms with E-state index in [4.69, 9.17) is 10.5 Å². The maximum absolute atomic E-state index is 10.7. The summed E-state index contributed by atoms with van der Waals surface area (Å²) < 4.78 is 5.24. The number of aliphatic hydroxyl groups excluding tert-OH is 1. The maximum Gasteiger partial charge on any atom is 0.119 e. The van der Waals surface area contributed by atoms with Crippen molar-refractivity contribution in [3.8, 4) is 5.75 Å². The minimum atomic E-state index is -0.617. The fourth-order valence-corrected chi connectivity index (χ4v) is 2.45. The molecule has 2 atom stereocenters. The summed E-state index contributed by atoms with van der Waals surface area (Å²) in [6, 6.07) is 15.6. The molecular formula is C17H21NO2. The molecule has 2 aromatic carbocycles. The van der Waals surface area contributed by atoms with Crippen LogP contribution in [-0.4, -0.2) is 18.8 Å². The van der Waals surface area contributed by atoms with Gasteiger partial charge in [0.2, 0.25) is 0 Å². The van der Waals surface area contributed by atoms with E-state index in [2.05, 4.69) is 0 Å². The molecule has 3 heteroatoms. The quantitative estimate of drug-likeness (QED) is 0.879. The number of hydrogen-bond acceptors (Lipinski definition) is 3. The molecule has 0 aliphatic carbocycles. The Balaban J connectivity index is 2.34. The molecule has 0 heterocycles. The van der Waals surface area contributed by atoms with Crippen LogP contribution in [-0.2, 0) is 0 Å². The predicted octanol–water partition coefficient (Wildman–Crippen LogP) is 2.78. The Morgan fingerprint density at radius 3 is 2.55 bits per heavy atom. The van der Waals surface area contributed by atoms with Crippen LogP contribution in [0.1, 0.15) is 28.7 Å². The average molecular weight is 271 g/mol. The smallest absolute Gasteiger partial charge is 0.119 e. The molecule has 0 bridgehead atoms. The molecule has 20 heavy (non-hydrogen) atoms. The standard InChI is InChI=1S/C17H21NO2/c1-12-6-3-4-9-15(12)17(19)16(11-18)13-7-5-8-14(10-13)20-2/h3-10,16-17,19H,11,18H2,1-2H3. The van der Waals surface area contributed by atoms with Crippen LogP contribution in [0.4, 0.5) is 0 Å². The highest BCUT2D eigenvalue weighted by Crippen LogP contribution is 2.33. The minimum Gasteiger partial charge on any atom is -0.497 e. The Morgan fingerprint density at radius 1 is 1.15 bits per heavy atom. The zero-order chi connectivity index (χ0) is 14.5. The number of hydrogen-bond donors (Lipinski definition) is 2. The normalized spacial score (nSPS) is 13.8. The van der Waals surface area contributed by atoms with Crippen molar-refractivity contribution < 1.29 is 9.84 Å². The van der Waals surface area contributed by atoms with Crippen LogP contribution in [0.15, 0.2) is 48.5 Å². The Hall–Kier alpha value is -1.84. The monoisotopic (exact) mass is 271 g/mol. The van der Waals surface area contributed by atoms with E-state index in [9.17, 15) is 5.11 Å². The van der Waals surface area contributed by atoms with Crippen molar-refractivity contribution in [1.82, 2.24) is 0 Å². The molecular weight excluding hydrogens is 250 g/mol. The van der Waals surface area contributed by atoms with E-state index in [1.54, 1.807) is 7.11 Å². The van der Waals surface area contributed by atoms with Crippen LogP contribution in [0.2, 0.25) is 0 Å². The van der Waals surface area contributed by atoms with E-state index in [0.717, 1.165) is 22.4 Å². The first-order valence-corrected chi connectivity index (χ1v) is 6.75. The van der Waals surface area contributed by atoms with Crippen LogP contribution >= 0.6 is 0 Å². The second-order valence-corrected chi connectivity index (χ2v) is 4.92. The van der Waals surface area contributed by atoms with E-state index in [-0.39, 0.29) is 5.92 Å². The van der Waals surface area contributed by atoms with Crippen molar-refractivity contribution in [2.45, 2.75) is 18.9 Å². The van der Waals surface area contributed by atoms with Gasteiger partial charge in [-0.1, -0.05) is 36.4 Å². The highest BCUT2D eigenvalue weighted by molar-refractivity contribution is 5.35. The van der Waals surface area contributed by atoms with E-state index in [1.807, 2.05) is 55.5 Å². The summed E-state index contributed by atoms with van der Waals surface area (Å²) in [7, 11) is 1.63. The summed E-state index contributed by atoms with van der Waals surface area (Å²) >= 11 is 0.